The predicted octanol–water partition coefficient (Wildman–Crippen LogP) is 6.40. The minimum atomic E-state index is -0.878. The number of phenols is 2. The molecular formula is C34H50O8. The molecule has 0 aliphatic rings. The molecule has 0 aliphatic heterocycles. The number of aliphatic carboxylic acids is 2. The van der Waals surface area contributed by atoms with E-state index in [2.05, 4.69) is 13.8 Å². The highest BCUT2D eigenvalue weighted by molar-refractivity contribution is 5.71. The van der Waals surface area contributed by atoms with Gasteiger partial charge in [-0.15, -0.1) is 0 Å². The Morgan fingerprint density at radius 1 is 0.667 bits per heavy atom. The molecule has 0 saturated heterocycles. The van der Waals surface area contributed by atoms with Crippen LogP contribution in [0.5, 0.6) is 11.5 Å². The Balaban J connectivity index is 1.76. The van der Waals surface area contributed by atoms with Crippen LogP contribution in [-0.2, 0) is 44.7 Å². The van der Waals surface area contributed by atoms with E-state index in [9.17, 15) is 30.0 Å². The summed E-state index contributed by atoms with van der Waals surface area (Å²) in [5.41, 5.74) is 5.06. The van der Waals surface area contributed by atoms with E-state index in [0.29, 0.717) is 50.4 Å². The van der Waals surface area contributed by atoms with Gasteiger partial charge in [0.15, 0.2) is 0 Å². The monoisotopic (exact) mass is 586 g/mol. The van der Waals surface area contributed by atoms with E-state index in [4.69, 9.17) is 9.47 Å². The van der Waals surface area contributed by atoms with Gasteiger partial charge in [0.1, 0.15) is 11.5 Å². The second-order valence-corrected chi connectivity index (χ2v) is 11.3. The maximum absolute atomic E-state index is 11.9. The van der Waals surface area contributed by atoms with Crippen molar-refractivity contribution in [2.45, 2.75) is 91.9 Å². The lowest BCUT2D eigenvalue weighted by atomic mass is 9.92. The summed E-state index contributed by atoms with van der Waals surface area (Å²) in [7, 11) is 0. The van der Waals surface area contributed by atoms with Crippen molar-refractivity contribution in [1.29, 1.82) is 0 Å². The lowest BCUT2D eigenvalue weighted by Crippen LogP contribution is -2.20. The first kappa shape index (κ1) is 35.1. The van der Waals surface area contributed by atoms with Crippen molar-refractivity contribution in [2.24, 2.45) is 11.8 Å². The number of unbranched alkanes of at least 4 members (excludes halogenated alkanes) is 2. The lowest BCUT2D eigenvalue weighted by Gasteiger charge is -2.16. The molecule has 8 heteroatoms. The van der Waals surface area contributed by atoms with Crippen molar-refractivity contribution < 1.29 is 39.5 Å². The van der Waals surface area contributed by atoms with Crippen LogP contribution in [0, 0.1) is 25.7 Å². The summed E-state index contributed by atoms with van der Waals surface area (Å²) < 4.78 is 11.2. The van der Waals surface area contributed by atoms with Gasteiger partial charge in [-0.25, -0.2) is 0 Å². The van der Waals surface area contributed by atoms with Gasteiger partial charge >= 0.3 is 11.9 Å². The number of hydrogen-bond donors (Lipinski definition) is 4. The number of carbonyl (C=O) groups is 2. The van der Waals surface area contributed by atoms with Gasteiger partial charge in [-0.2, -0.15) is 0 Å². The molecule has 0 aliphatic carbocycles. The number of benzene rings is 2. The van der Waals surface area contributed by atoms with Gasteiger partial charge < -0.3 is 29.9 Å². The SMILES string of the molecule is CCCCc1cc(CC(CCOCCOCCC(Cc2cc(C)c(O)c(CCCC)c2)C(=O)O)C(=O)O)cc(C)c1O. The molecule has 0 bridgehead atoms. The minimum Gasteiger partial charge on any atom is -0.507 e. The molecule has 42 heavy (non-hydrogen) atoms. The van der Waals surface area contributed by atoms with Gasteiger partial charge in [-0.1, -0.05) is 51.0 Å². The average molecular weight is 587 g/mol. The van der Waals surface area contributed by atoms with Crippen molar-refractivity contribution in [2.75, 3.05) is 26.4 Å². The maximum Gasteiger partial charge on any atom is 0.306 e. The smallest absolute Gasteiger partial charge is 0.306 e. The predicted molar refractivity (Wildman–Crippen MR) is 163 cm³/mol. The van der Waals surface area contributed by atoms with E-state index in [1.165, 1.54) is 0 Å². The van der Waals surface area contributed by atoms with Gasteiger partial charge in [0.2, 0.25) is 0 Å². The van der Waals surface area contributed by atoms with E-state index in [1.807, 2.05) is 38.1 Å². The Kier molecular flexibility index (Phi) is 15.4. The molecule has 2 unspecified atom stereocenters. The van der Waals surface area contributed by atoms with E-state index in [0.717, 1.165) is 71.9 Å². The van der Waals surface area contributed by atoms with E-state index >= 15 is 0 Å². The summed E-state index contributed by atoms with van der Waals surface area (Å²) in [6.45, 7) is 9.00. The number of carboxylic acids is 2. The molecule has 0 spiro atoms. The topological polar surface area (TPSA) is 134 Å². The Morgan fingerprint density at radius 3 is 1.38 bits per heavy atom. The lowest BCUT2D eigenvalue weighted by molar-refractivity contribution is -0.143. The summed E-state index contributed by atoms with van der Waals surface area (Å²) in [5, 5.41) is 40.2. The Morgan fingerprint density at radius 2 is 1.05 bits per heavy atom. The highest BCUT2D eigenvalue weighted by atomic mass is 16.5. The van der Waals surface area contributed by atoms with Crippen molar-refractivity contribution in [3.8, 4) is 11.5 Å². The second kappa shape index (κ2) is 18.4. The molecule has 234 valence electrons. The molecule has 4 N–H and O–H groups in total. The summed E-state index contributed by atoms with van der Waals surface area (Å²) in [6, 6.07) is 7.55. The van der Waals surface area contributed by atoms with Crippen LogP contribution in [0.4, 0.5) is 0 Å². The number of aromatic hydroxyl groups is 2. The summed E-state index contributed by atoms with van der Waals surface area (Å²) in [4.78, 5) is 23.8. The molecule has 0 radical (unpaired) electrons. The van der Waals surface area contributed by atoms with E-state index < -0.39 is 23.8 Å². The Hall–Kier alpha value is -3.10. The molecule has 0 heterocycles. The largest absolute Gasteiger partial charge is 0.507 e. The first-order valence-corrected chi connectivity index (χ1v) is 15.3. The second-order valence-electron chi connectivity index (χ2n) is 11.3. The third-order valence-electron chi connectivity index (χ3n) is 7.73. The van der Waals surface area contributed by atoms with Gasteiger partial charge in [0.05, 0.1) is 25.0 Å². The number of carboxylic acid groups (broad SMARTS) is 2. The molecule has 2 atom stereocenters. The molecule has 8 nitrogen and oxygen atoms in total. The van der Waals surface area contributed by atoms with Crippen LogP contribution < -0.4 is 0 Å². The quantitative estimate of drug-likeness (QED) is 0.124. The average Bonchev–Trinajstić information content (AvgIpc) is 2.94. The van der Waals surface area contributed by atoms with E-state index in [1.54, 1.807) is 0 Å². The normalized spacial score (nSPS) is 12.8. The van der Waals surface area contributed by atoms with Crippen LogP contribution in [0.25, 0.3) is 0 Å². The molecule has 0 amide bonds. The molecule has 2 aromatic carbocycles. The van der Waals surface area contributed by atoms with Gasteiger partial charge in [0.25, 0.3) is 0 Å². The van der Waals surface area contributed by atoms with E-state index in [-0.39, 0.29) is 13.2 Å². The summed E-state index contributed by atoms with van der Waals surface area (Å²) >= 11 is 0. The van der Waals surface area contributed by atoms with Crippen molar-refractivity contribution in [1.82, 2.24) is 0 Å². The first-order valence-electron chi connectivity index (χ1n) is 15.3. The van der Waals surface area contributed by atoms with Crippen LogP contribution >= 0.6 is 0 Å². The Bertz CT molecular complexity index is 1050. The molecule has 0 saturated carbocycles. The third-order valence-corrected chi connectivity index (χ3v) is 7.73. The zero-order chi connectivity index (χ0) is 31.1. The minimum absolute atomic E-state index is 0.276. The fourth-order valence-electron chi connectivity index (χ4n) is 5.19. The molecule has 2 aromatic rings. The number of phenolic OH excluding ortho intramolecular Hbond substituents is 2. The van der Waals surface area contributed by atoms with Crippen LogP contribution in [0.2, 0.25) is 0 Å². The zero-order valence-electron chi connectivity index (χ0n) is 25.8. The van der Waals surface area contributed by atoms with Gasteiger partial charge in [-0.3, -0.25) is 9.59 Å². The van der Waals surface area contributed by atoms with Crippen LogP contribution in [0.15, 0.2) is 24.3 Å². The fraction of sp³-hybridized carbons (Fsp3) is 0.588. The third kappa shape index (κ3) is 11.6. The first-order chi connectivity index (χ1) is 20.1. The standard InChI is InChI=1S/C34H50O8/c1-5-7-9-27-19-25(17-23(3)31(27)35)21-29(33(37)38)11-13-41-15-16-42-14-12-30(34(39)40)22-26-18-24(4)32(36)28(20-26)10-8-6-2/h17-20,29-30,35-36H,5-16,21-22H2,1-4H3,(H,37,38)(H,39,40). The van der Waals surface area contributed by atoms with Crippen LogP contribution in [-0.4, -0.2) is 58.8 Å². The highest BCUT2D eigenvalue weighted by Crippen LogP contribution is 2.28. The number of hydrogen-bond acceptors (Lipinski definition) is 6. The van der Waals surface area contributed by atoms with Crippen molar-refractivity contribution in [3.05, 3.63) is 57.6 Å². The van der Waals surface area contributed by atoms with Crippen LogP contribution in [0.1, 0.15) is 85.8 Å². The summed E-state index contributed by atoms with van der Waals surface area (Å²) in [5.74, 6) is -2.37. The molecule has 0 aromatic heterocycles. The number of aryl methyl sites for hydroxylation is 4. The summed E-state index contributed by atoms with van der Waals surface area (Å²) in [6.07, 6.45) is 6.93. The molecule has 2 rings (SSSR count). The Labute approximate surface area is 250 Å². The molecule has 0 fully saturated rings. The van der Waals surface area contributed by atoms with Crippen molar-refractivity contribution in [3.63, 3.8) is 0 Å². The number of rotatable bonds is 21. The maximum atomic E-state index is 11.9. The zero-order valence-corrected chi connectivity index (χ0v) is 25.8. The fourth-order valence-corrected chi connectivity index (χ4v) is 5.19. The van der Waals surface area contributed by atoms with Crippen LogP contribution in [0.3, 0.4) is 0 Å². The van der Waals surface area contributed by atoms with Gasteiger partial charge in [0, 0.05) is 13.2 Å². The van der Waals surface area contributed by atoms with Crippen molar-refractivity contribution >= 4 is 11.9 Å². The number of ether oxygens (including phenoxy) is 2. The van der Waals surface area contributed by atoms with Gasteiger partial charge in [-0.05, 0) is 98.6 Å². The highest BCUT2D eigenvalue weighted by Gasteiger charge is 2.21. The molecular weight excluding hydrogens is 536 g/mol.